The Kier molecular flexibility index (Phi) is 5.26. The molecule has 4 heterocycles. The zero-order valence-electron chi connectivity index (χ0n) is 19.9. The van der Waals surface area contributed by atoms with Crippen LogP contribution in [-0.4, -0.2) is 72.7 Å². The minimum Gasteiger partial charge on any atom is -0.456 e. The molecule has 1 N–H and O–H groups in total. The lowest BCUT2D eigenvalue weighted by Gasteiger charge is -2.40. The third-order valence-corrected chi connectivity index (χ3v) is 6.57. The van der Waals surface area contributed by atoms with Crippen LogP contribution in [0.25, 0.3) is 33.3 Å². The van der Waals surface area contributed by atoms with Gasteiger partial charge in [-0.1, -0.05) is 11.6 Å². The van der Waals surface area contributed by atoms with Crippen LogP contribution in [0.15, 0.2) is 48.9 Å². The molecule has 2 aromatic carbocycles. The largest absolute Gasteiger partial charge is 0.456 e. The van der Waals surface area contributed by atoms with E-state index in [-0.39, 0.29) is 12.1 Å². The number of aromatic amines is 1. The lowest BCUT2D eigenvalue weighted by atomic mass is 10.1. The Morgan fingerprint density at radius 1 is 1.14 bits per heavy atom. The molecule has 3 aromatic heterocycles. The summed E-state index contributed by atoms with van der Waals surface area (Å²) in [4.78, 5) is 32.4. The van der Waals surface area contributed by atoms with E-state index in [9.17, 15) is 4.79 Å². The number of amides is 2. The maximum absolute atomic E-state index is 12.1. The maximum atomic E-state index is 12.1. The number of fused-ring (bicyclic) bond motifs is 2. The highest BCUT2D eigenvalue weighted by molar-refractivity contribution is 6.36. The fourth-order valence-electron chi connectivity index (χ4n) is 4.28. The minimum absolute atomic E-state index is 0.00582. The third-order valence-electron chi connectivity index (χ3n) is 6.20. The number of likely N-dealkylation sites (tertiary alicyclic amines) is 1. The number of aromatic nitrogens is 6. The van der Waals surface area contributed by atoms with Gasteiger partial charge in [0.05, 0.1) is 40.7 Å². The zero-order chi connectivity index (χ0) is 25.0. The molecule has 0 saturated carbocycles. The molecule has 0 unspecified atom stereocenters. The number of halogens is 1. The number of aryl methyl sites for hydroxylation is 1. The molecule has 0 atom stereocenters. The molecular formula is C25H23ClN8O2. The molecule has 1 fully saturated rings. The Morgan fingerprint density at radius 3 is 2.75 bits per heavy atom. The molecule has 10 nitrogen and oxygen atoms in total. The smallest absolute Gasteiger partial charge is 0.319 e. The summed E-state index contributed by atoms with van der Waals surface area (Å²) in [5.41, 5.74) is 4.46. The number of hydrogen-bond acceptors (Lipinski definition) is 6. The van der Waals surface area contributed by atoms with Crippen LogP contribution in [0.3, 0.4) is 0 Å². The second-order valence-corrected chi connectivity index (χ2v) is 9.43. The van der Waals surface area contributed by atoms with Crippen molar-refractivity contribution in [2.75, 3.05) is 27.2 Å². The van der Waals surface area contributed by atoms with E-state index < -0.39 is 0 Å². The SMILES string of the molecule is Cc1nc2ccc(Oc3ccc4ncc(-c5cnn(C6CN(C(=O)N(C)C)C6)c5)nc4c3Cl)cc2[nH]1. The topological polar surface area (TPSA) is 105 Å². The van der Waals surface area contributed by atoms with Crippen molar-refractivity contribution < 1.29 is 9.53 Å². The van der Waals surface area contributed by atoms with Crippen molar-refractivity contribution in [3.8, 4) is 22.8 Å². The van der Waals surface area contributed by atoms with E-state index in [1.165, 1.54) is 0 Å². The fraction of sp³-hybridized carbons (Fsp3) is 0.240. The predicted octanol–water partition coefficient (Wildman–Crippen LogP) is 4.66. The predicted molar refractivity (Wildman–Crippen MR) is 136 cm³/mol. The van der Waals surface area contributed by atoms with E-state index in [2.05, 4.69) is 20.1 Å². The van der Waals surface area contributed by atoms with Crippen molar-refractivity contribution >= 4 is 39.7 Å². The van der Waals surface area contributed by atoms with Gasteiger partial charge in [0, 0.05) is 45.0 Å². The van der Waals surface area contributed by atoms with Crippen LogP contribution >= 0.6 is 11.6 Å². The van der Waals surface area contributed by atoms with Gasteiger partial charge in [-0.3, -0.25) is 9.67 Å². The molecule has 5 aromatic rings. The van der Waals surface area contributed by atoms with Crippen LogP contribution in [0, 0.1) is 6.92 Å². The first-order valence-electron chi connectivity index (χ1n) is 11.5. The first-order chi connectivity index (χ1) is 17.4. The van der Waals surface area contributed by atoms with Crippen molar-refractivity contribution in [3.63, 3.8) is 0 Å². The van der Waals surface area contributed by atoms with E-state index in [1.54, 1.807) is 42.4 Å². The first kappa shape index (κ1) is 22.3. The quantitative estimate of drug-likeness (QED) is 0.383. The van der Waals surface area contributed by atoms with Crippen LogP contribution in [-0.2, 0) is 0 Å². The number of hydrogen-bond donors (Lipinski definition) is 1. The number of rotatable bonds is 4. The minimum atomic E-state index is 0.00582. The number of ether oxygens (including phenoxy) is 1. The van der Waals surface area contributed by atoms with Crippen molar-refractivity contribution in [2.24, 2.45) is 0 Å². The number of imidazole rings is 1. The Bertz CT molecular complexity index is 1620. The van der Waals surface area contributed by atoms with Crippen molar-refractivity contribution in [1.82, 2.24) is 39.5 Å². The summed E-state index contributed by atoms with van der Waals surface area (Å²) in [5.74, 6) is 1.97. The molecule has 0 aliphatic carbocycles. The normalized spacial score (nSPS) is 13.8. The molecule has 11 heteroatoms. The van der Waals surface area contributed by atoms with Gasteiger partial charge >= 0.3 is 6.03 Å². The number of carbonyl (C=O) groups is 1. The summed E-state index contributed by atoms with van der Waals surface area (Å²) in [6, 6.07) is 9.41. The highest BCUT2D eigenvalue weighted by atomic mass is 35.5. The summed E-state index contributed by atoms with van der Waals surface area (Å²) in [6.45, 7) is 3.16. The lowest BCUT2D eigenvalue weighted by molar-refractivity contribution is 0.100. The number of benzene rings is 2. The van der Waals surface area contributed by atoms with E-state index in [0.717, 1.165) is 22.4 Å². The Labute approximate surface area is 211 Å². The summed E-state index contributed by atoms with van der Waals surface area (Å²) < 4.78 is 7.95. The highest BCUT2D eigenvalue weighted by Gasteiger charge is 2.33. The maximum Gasteiger partial charge on any atom is 0.319 e. The average Bonchev–Trinajstić information content (AvgIpc) is 3.45. The van der Waals surface area contributed by atoms with Gasteiger partial charge in [0.2, 0.25) is 0 Å². The van der Waals surface area contributed by atoms with Crippen LogP contribution in [0.5, 0.6) is 11.5 Å². The fourth-order valence-corrected chi connectivity index (χ4v) is 4.52. The number of nitrogens with one attached hydrogen (secondary N) is 1. The summed E-state index contributed by atoms with van der Waals surface area (Å²) in [5, 5.41) is 4.87. The molecule has 36 heavy (non-hydrogen) atoms. The molecule has 2 amide bonds. The third kappa shape index (κ3) is 3.89. The number of carbonyl (C=O) groups excluding carboxylic acids is 1. The van der Waals surface area contributed by atoms with Gasteiger partial charge in [-0.05, 0) is 31.2 Å². The molecule has 1 aliphatic heterocycles. The van der Waals surface area contributed by atoms with Crippen molar-refractivity contribution in [3.05, 3.63) is 59.8 Å². The van der Waals surface area contributed by atoms with Gasteiger partial charge in [0.25, 0.3) is 0 Å². The van der Waals surface area contributed by atoms with Crippen LogP contribution < -0.4 is 4.74 Å². The Hall–Kier alpha value is -4.18. The van der Waals surface area contributed by atoms with Gasteiger partial charge < -0.3 is 19.5 Å². The molecular weight excluding hydrogens is 480 g/mol. The van der Waals surface area contributed by atoms with Gasteiger partial charge in [-0.25, -0.2) is 14.8 Å². The number of urea groups is 1. The van der Waals surface area contributed by atoms with Crippen LogP contribution in [0.4, 0.5) is 4.79 Å². The van der Waals surface area contributed by atoms with E-state index >= 15 is 0 Å². The van der Waals surface area contributed by atoms with Gasteiger partial charge in [0.15, 0.2) is 0 Å². The highest BCUT2D eigenvalue weighted by Crippen LogP contribution is 2.36. The first-order valence-corrected chi connectivity index (χ1v) is 11.8. The molecule has 0 bridgehead atoms. The molecule has 6 rings (SSSR count). The Morgan fingerprint density at radius 2 is 1.94 bits per heavy atom. The second kappa shape index (κ2) is 8.49. The van der Waals surface area contributed by atoms with Crippen molar-refractivity contribution in [2.45, 2.75) is 13.0 Å². The van der Waals surface area contributed by atoms with Crippen LogP contribution in [0.2, 0.25) is 5.02 Å². The average molecular weight is 503 g/mol. The number of nitrogens with zero attached hydrogens (tertiary/aromatic N) is 7. The summed E-state index contributed by atoms with van der Waals surface area (Å²) >= 11 is 6.72. The zero-order valence-corrected chi connectivity index (χ0v) is 20.7. The molecule has 1 aliphatic rings. The molecule has 1 saturated heterocycles. The summed E-state index contributed by atoms with van der Waals surface area (Å²) in [7, 11) is 3.50. The van der Waals surface area contributed by atoms with Gasteiger partial charge in [0.1, 0.15) is 27.9 Å². The monoisotopic (exact) mass is 502 g/mol. The van der Waals surface area contributed by atoms with E-state index in [0.29, 0.717) is 46.3 Å². The second-order valence-electron chi connectivity index (χ2n) is 9.05. The van der Waals surface area contributed by atoms with E-state index in [1.807, 2.05) is 42.1 Å². The lowest BCUT2D eigenvalue weighted by Crippen LogP contribution is -2.53. The molecule has 182 valence electrons. The Balaban J connectivity index is 1.25. The number of H-pyrrole nitrogens is 1. The molecule has 0 radical (unpaired) electrons. The van der Waals surface area contributed by atoms with Crippen LogP contribution in [0.1, 0.15) is 11.9 Å². The standard InChI is InChI=1S/C25H23ClN8O2/c1-14-29-18-5-4-17(8-20(18)30-14)36-22-7-6-19-24(23(22)26)31-21(10-27-19)15-9-28-34(11-15)16-12-33(13-16)25(35)32(2)3/h4-11,16H,12-13H2,1-3H3,(H,29,30). The van der Waals surface area contributed by atoms with Gasteiger partial charge in [-0.2, -0.15) is 5.10 Å². The van der Waals surface area contributed by atoms with Gasteiger partial charge in [-0.15, -0.1) is 0 Å². The molecule has 0 spiro atoms. The summed E-state index contributed by atoms with van der Waals surface area (Å²) in [6.07, 6.45) is 5.38. The van der Waals surface area contributed by atoms with E-state index in [4.69, 9.17) is 21.3 Å². The van der Waals surface area contributed by atoms with Crippen molar-refractivity contribution in [1.29, 1.82) is 0 Å².